The number of hydrogen-bond donors (Lipinski definition) is 3. The molecule has 1 aromatic rings. The lowest BCUT2D eigenvalue weighted by atomic mass is 10.1. The normalized spacial score (nSPS) is 15.1. The van der Waals surface area contributed by atoms with E-state index >= 15 is 0 Å². The van der Waals surface area contributed by atoms with Gasteiger partial charge in [-0.05, 0) is 31.0 Å². The van der Waals surface area contributed by atoms with Crippen molar-refractivity contribution in [2.75, 3.05) is 25.0 Å². The molecule has 0 spiro atoms. The summed E-state index contributed by atoms with van der Waals surface area (Å²) in [6, 6.07) is 4.12. The maximum absolute atomic E-state index is 12.2. The number of benzene rings is 1. The van der Waals surface area contributed by atoms with E-state index in [4.69, 9.17) is 5.11 Å². The van der Waals surface area contributed by atoms with E-state index in [0.717, 1.165) is 5.56 Å². The minimum atomic E-state index is -1.06. The average Bonchev–Trinajstić information content (AvgIpc) is 2.65. The number of anilines is 1. The lowest BCUT2D eigenvalue weighted by molar-refractivity contribution is -0.120. The van der Waals surface area contributed by atoms with Crippen molar-refractivity contribution in [2.45, 2.75) is 13.3 Å². The summed E-state index contributed by atoms with van der Waals surface area (Å²) in [7, 11) is 0. The molecule has 7 heteroatoms. The van der Waals surface area contributed by atoms with Gasteiger partial charge in [-0.15, -0.1) is 0 Å². The number of carbonyl (C=O) groups excluding carboxylic acids is 2. The highest BCUT2D eigenvalue weighted by Crippen LogP contribution is 2.17. The molecule has 1 saturated heterocycles. The van der Waals surface area contributed by atoms with Crippen LogP contribution in [0.25, 0.3) is 0 Å². The minimum absolute atomic E-state index is 0.00347. The van der Waals surface area contributed by atoms with E-state index < -0.39 is 12.0 Å². The van der Waals surface area contributed by atoms with Gasteiger partial charge in [-0.3, -0.25) is 4.79 Å². The molecule has 0 saturated carbocycles. The highest BCUT2D eigenvalue weighted by atomic mass is 16.4. The molecule has 0 radical (unpaired) electrons. The molecule has 0 atom stereocenters. The average molecular weight is 291 g/mol. The third kappa shape index (κ3) is 3.71. The second kappa shape index (κ2) is 6.25. The predicted molar refractivity (Wildman–Crippen MR) is 76.4 cm³/mol. The fraction of sp³-hybridized carbons (Fsp3) is 0.357. The molecule has 7 nitrogen and oxygen atoms in total. The highest BCUT2D eigenvalue weighted by molar-refractivity contribution is 5.95. The van der Waals surface area contributed by atoms with Crippen molar-refractivity contribution < 1.29 is 19.5 Å². The first-order chi connectivity index (χ1) is 9.97. The predicted octanol–water partition coefficient (Wildman–Crippen LogP) is 1.05. The van der Waals surface area contributed by atoms with Crippen LogP contribution >= 0.6 is 0 Å². The van der Waals surface area contributed by atoms with Crippen molar-refractivity contribution in [2.24, 2.45) is 0 Å². The van der Waals surface area contributed by atoms with Gasteiger partial charge in [0.15, 0.2) is 0 Å². The third-order valence-corrected chi connectivity index (χ3v) is 3.27. The van der Waals surface area contributed by atoms with E-state index in [1.165, 1.54) is 17.0 Å². The molecule has 0 bridgehead atoms. The van der Waals surface area contributed by atoms with Crippen molar-refractivity contribution in [3.05, 3.63) is 29.3 Å². The van der Waals surface area contributed by atoms with Crippen molar-refractivity contribution in [1.82, 2.24) is 10.2 Å². The molecule has 1 heterocycles. The molecule has 0 aliphatic carbocycles. The standard InChI is InChI=1S/C14H17N3O4/c1-9-3-4-10(13(19)20)7-11(9)16-14(21)17-6-2-5-15-12(18)8-17/h3-4,7H,2,5-6,8H2,1H3,(H,15,18)(H,16,21)(H,19,20). The molecule has 3 amide bonds. The molecule has 3 N–H and O–H groups in total. The lowest BCUT2D eigenvalue weighted by Crippen LogP contribution is -2.40. The Bertz CT molecular complexity index is 586. The quantitative estimate of drug-likeness (QED) is 0.758. The second-order valence-corrected chi connectivity index (χ2v) is 4.89. The van der Waals surface area contributed by atoms with Crippen LogP contribution in [0.2, 0.25) is 0 Å². The zero-order valence-corrected chi connectivity index (χ0v) is 11.7. The van der Waals surface area contributed by atoms with E-state index in [9.17, 15) is 14.4 Å². The van der Waals surface area contributed by atoms with Crippen LogP contribution in [-0.4, -0.2) is 47.5 Å². The SMILES string of the molecule is Cc1ccc(C(=O)O)cc1NC(=O)N1CCCNC(=O)C1. The van der Waals surface area contributed by atoms with Crippen molar-refractivity contribution in [3.63, 3.8) is 0 Å². The molecule has 0 aromatic heterocycles. The number of aryl methyl sites for hydroxylation is 1. The molecule has 2 rings (SSSR count). The number of carbonyl (C=O) groups is 3. The summed E-state index contributed by atoms with van der Waals surface area (Å²) in [6.45, 7) is 2.80. The number of amides is 3. The molecule has 1 aliphatic heterocycles. The van der Waals surface area contributed by atoms with Crippen molar-refractivity contribution in [1.29, 1.82) is 0 Å². The van der Waals surface area contributed by atoms with Crippen LogP contribution in [0.3, 0.4) is 0 Å². The Morgan fingerprint density at radius 3 is 2.86 bits per heavy atom. The summed E-state index contributed by atoms with van der Waals surface area (Å²) in [5, 5.41) is 14.3. The van der Waals surface area contributed by atoms with Crippen LogP contribution in [0.1, 0.15) is 22.3 Å². The van der Waals surface area contributed by atoms with Crippen LogP contribution in [0, 0.1) is 6.92 Å². The Labute approximate surface area is 121 Å². The zero-order chi connectivity index (χ0) is 15.4. The third-order valence-electron chi connectivity index (χ3n) is 3.27. The van der Waals surface area contributed by atoms with Gasteiger partial charge in [0.2, 0.25) is 5.91 Å². The van der Waals surface area contributed by atoms with Crippen LogP contribution in [0.15, 0.2) is 18.2 Å². The maximum atomic E-state index is 12.2. The highest BCUT2D eigenvalue weighted by Gasteiger charge is 2.20. The molecule has 1 fully saturated rings. The summed E-state index contributed by atoms with van der Waals surface area (Å²) in [5.74, 6) is -1.25. The first-order valence-corrected chi connectivity index (χ1v) is 6.64. The first-order valence-electron chi connectivity index (χ1n) is 6.64. The Kier molecular flexibility index (Phi) is 4.42. The lowest BCUT2D eigenvalue weighted by Gasteiger charge is -2.20. The Morgan fingerprint density at radius 2 is 2.14 bits per heavy atom. The molecular formula is C14H17N3O4. The second-order valence-electron chi connectivity index (χ2n) is 4.89. The maximum Gasteiger partial charge on any atom is 0.335 e. The van der Waals surface area contributed by atoms with Crippen LogP contribution in [0.5, 0.6) is 0 Å². The molecular weight excluding hydrogens is 274 g/mol. The number of carboxylic acids is 1. The monoisotopic (exact) mass is 291 g/mol. The van der Waals surface area contributed by atoms with Crippen molar-refractivity contribution in [3.8, 4) is 0 Å². The van der Waals surface area contributed by atoms with Gasteiger partial charge in [-0.25, -0.2) is 9.59 Å². The van der Waals surface area contributed by atoms with Crippen LogP contribution in [-0.2, 0) is 4.79 Å². The van der Waals surface area contributed by atoms with Gasteiger partial charge in [0.25, 0.3) is 0 Å². The summed E-state index contributed by atoms with van der Waals surface area (Å²) in [5.41, 5.74) is 1.29. The van der Waals surface area contributed by atoms with Gasteiger partial charge in [-0.2, -0.15) is 0 Å². The fourth-order valence-corrected chi connectivity index (χ4v) is 2.06. The molecule has 0 unspecified atom stereocenters. The van der Waals surface area contributed by atoms with Crippen LogP contribution in [0.4, 0.5) is 10.5 Å². The number of aromatic carboxylic acids is 1. The number of rotatable bonds is 2. The summed E-state index contributed by atoms with van der Waals surface area (Å²) in [6.07, 6.45) is 0.688. The summed E-state index contributed by atoms with van der Waals surface area (Å²) >= 11 is 0. The number of nitrogens with one attached hydrogen (secondary N) is 2. The number of nitrogens with zero attached hydrogens (tertiary/aromatic N) is 1. The van der Waals surface area contributed by atoms with Gasteiger partial charge in [0.1, 0.15) is 6.54 Å². The summed E-state index contributed by atoms with van der Waals surface area (Å²) in [4.78, 5) is 36.0. The van der Waals surface area contributed by atoms with E-state index in [1.807, 2.05) is 0 Å². The van der Waals surface area contributed by atoms with Gasteiger partial charge in [-0.1, -0.05) is 6.07 Å². The number of carboxylic acid groups (broad SMARTS) is 1. The van der Waals surface area contributed by atoms with E-state index in [1.54, 1.807) is 13.0 Å². The van der Waals surface area contributed by atoms with Gasteiger partial charge in [0.05, 0.1) is 5.56 Å². The van der Waals surface area contributed by atoms with Gasteiger partial charge >= 0.3 is 12.0 Å². The summed E-state index contributed by atoms with van der Waals surface area (Å²) < 4.78 is 0. The number of hydrogen-bond acceptors (Lipinski definition) is 3. The fourth-order valence-electron chi connectivity index (χ4n) is 2.06. The Balaban J connectivity index is 2.13. The van der Waals surface area contributed by atoms with Crippen LogP contribution < -0.4 is 10.6 Å². The van der Waals surface area contributed by atoms with Gasteiger partial charge in [0, 0.05) is 18.8 Å². The topological polar surface area (TPSA) is 98.7 Å². The van der Waals surface area contributed by atoms with Gasteiger partial charge < -0.3 is 20.6 Å². The molecule has 1 aliphatic rings. The molecule has 112 valence electrons. The Morgan fingerprint density at radius 1 is 1.38 bits per heavy atom. The zero-order valence-electron chi connectivity index (χ0n) is 11.7. The van der Waals surface area contributed by atoms with Crippen molar-refractivity contribution >= 4 is 23.6 Å². The largest absolute Gasteiger partial charge is 0.478 e. The number of urea groups is 1. The van der Waals surface area contributed by atoms with E-state index in [-0.39, 0.29) is 18.0 Å². The van der Waals surface area contributed by atoms with E-state index in [2.05, 4.69) is 10.6 Å². The van der Waals surface area contributed by atoms with E-state index in [0.29, 0.717) is 25.2 Å². The minimum Gasteiger partial charge on any atom is -0.478 e. The molecule has 21 heavy (non-hydrogen) atoms. The first kappa shape index (κ1) is 14.8. The smallest absolute Gasteiger partial charge is 0.335 e. The molecule has 1 aromatic carbocycles. The Hall–Kier alpha value is -2.57.